The number of fused-ring (bicyclic) bond motifs is 1. The average Bonchev–Trinajstić information content (AvgIpc) is 2.65. The third-order valence-electron chi connectivity index (χ3n) is 2.90. The van der Waals surface area contributed by atoms with Crippen molar-refractivity contribution in [3.8, 4) is 5.75 Å². The van der Waals surface area contributed by atoms with E-state index in [0.29, 0.717) is 5.69 Å². The zero-order valence-corrected chi connectivity index (χ0v) is 14.2. The summed E-state index contributed by atoms with van der Waals surface area (Å²) in [5.41, 5.74) is 1.26. The molecule has 0 atom stereocenters. The van der Waals surface area contributed by atoms with E-state index in [9.17, 15) is 5.11 Å². The van der Waals surface area contributed by atoms with Crippen LogP contribution >= 0.6 is 0 Å². The minimum atomic E-state index is 0.137. The lowest BCUT2D eigenvalue weighted by Gasteiger charge is -2.03. The maximum Gasteiger partial charge on any atom is 0.143 e. The van der Waals surface area contributed by atoms with Gasteiger partial charge in [0.25, 0.3) is 0 Å². The van der Waals surface area contributed by atoms with Gasteiger partial charge in [0.05, 0.1) is 5.69 Å². The summed E-state index contributed by atoms with van der Waals surface area (Å²) < 4.78 is 0. The molecule has 3 rings (SSSR count). The minimum Gasteiger partial charge on any atom is -0.506 e. The van der Waals surface area contributed by atoms with Gasteiger partial charge in [0.2, 0.25) is 0 Å². The largest absolute Gasteiger partial charge is 0.506 e. The van der Waals surface area contributed by atoms with Gasteiger partial charge in [0.1, 0.15) is 11.4 Å². The number of hydrogen-bond acceptors (Lipinski definition) is 3. The topological polar surface area (TPSA) is 45.0 Å². The summed E-state index contributed by atoms with van der Waals surface area (Å²) in [6, 6.07) is 20.7. The smallest absolute Gasteiger partial charge is 0.143 e. The second-order valence-electron chi connectivity index (χ2n) is 4.19. The lowest BCUT2D eigenvalue weighted by Crippen LogP contribution is -1.74. The summed E-state index contributed by atoms with van der Waals surface area (Å²) in [5, 5.41) is 20.2. The van der Waals surface area contributed by atoms with Gasteiger partial charge in [-0.2, -0.15) is 5.11 Å². The lowest BCUT2D eigenvalue weighted by molar-refractivity contribution is 0.477. The van der Waals surface area contributed by atoms with Crippen molar-refractivity contribution in [1.82, 2.24) is 0 Å². The molecule has 0 aliphatic carbocycles. The second-order valence-corrected chi connectivity index (χ2v) is 4.19. The zero-order chi connectivity index (χ0) is 17.1. The van der Waals surface area contributed by atoms with Gasteiger partial charge in [-0.3, -0.25) is 0 Å². The van der Waals surface area contributed by atoms with E-state index in [2.05, 4.69) is 10.2 Å². The molecule has 0 bridgehead atoms. The Morgan fingerprint density at radius 1 is 0.652 bits per heavy atom. The highest BCUT2D eigenvalue weighted by molar-refractivity contribution is 5.95. The van der Waals surface area contributed by atoms with Gasteiger partial charge in [-0.25, -0.2) is 0 Å². The van der Waals surface area contributed by atoms with Crippen molar-refractivity contribution in [2.24, 2.45) is 10.2 Å². The summed E-state index contributed by atoms with van der Waals surface area (Å²) in [7, 11) is 0. The molecule has 1 N–H and O–H groups in total. The molecule has 23 heavy (non-hydrogen) atoms. The van der Waals surface area contributed by atoms with Crippen molar-refractivity contribution in [1.29, 1.82) is 0 Å². The summed E-state index contributed by atoms with van der Waals surface area (Å²) in [6.07, 6.45) is 0. The van der Waals surface area contributed by atoms with Crippen LogP contribution in [0.4, 0.5) is 11.4 Å². The standard InChI is InChI=1S/C16H12N2O.2C2H6/c19-15-11-10-12-6-4-5-9-14(12)16(15)18-17-13-7-2-1-3-8-13;2*1-2/h1-11,19H;2*1-2H3. The van der Waals surface area contributed by atoms with Gasteiger partial charge in [-0.05, 0) is 23.6 Å². The Hall–Kier alpha value is -2.68. The molecule has 3 aromatic carbocycles. The molecule has 0 aliphatic heterocycles. The lowest BCUT2D eigenvalue weighted by atomic mass is 10.1. The molecule has 3 nitrogen and oxygen atoms in total. The number of rotatable bonds is 2. The van der Waals surface area contributed by atoms with Gasteiger partial charge in [-0.15, -0.1) is 5.11 Å². The van der Waals surface area contributed by atoms with Crippen LogP contribution in [-0.4, -0.2) is 5.11 Å². The van der Waals surface area contributed by atoms with Gasteiger partial charge < -0.3 is 5.11 Å². The summed E-state index contributed by atoms with van der Waals surface area (Å²) in [6.45, 7) is 8.00. The van der Waals surface area contributed by atoms with Crippen molar-refractivity contribution in [3.63, 3.8) is 0 Å². The monoisotopic (exact) mass is 308 g/mol. The molecular formula is C20H24N2O. The van der Waals surface area contributed by atoms with Crippen LogP contribution in [0.3, 0.4) is 0 Å². The van der Waals surface area contributed by atoms with Gasteiger partial charge >= 0.3 is 0 Å². The van der Waals surface area contributed by atoms with E-state index in [-0.39, 0.29) is 5.75 Å². The Kier molecular flexibility index (Phi) is 8.08. The number of nitrogens with zero attached hydrogens (tertiary/aromatic N) is 2. The van der Waals surface area contributed by atoms with Crippen LogP contribution in [0.15, 0.2) is 77.0 Å². The fraction of sp³-hybridized carbons (Fsp3) is 0.200. The van der Waals surface area contributed by atoms with E-state index in [1.165, 1.54) is 0 Å². The molecule has 0 amide bonds. The summed E-state index contributed by atoms with van der Waals surface area (Å²) in [4.78, 5) is 0. The average molecular weight is 308 g/mol. The normalized spacial score (nSPS) is 9.74. The second kappa shape index (κ2) is 10.1. The molecule has 0 radical (unpaired) electrons. The SMILES string of the molecule is CC.CC.Oc1ccc2ccccc2c1N=Nc1ccccc1. The Morgan fingerprint density at radius 3 is 1.96 bits per heavy atom. The number of phenols is 1. The molecule has 0 spiro atoms. The third-order valence-corrected chi connectivity index (χ3v) is 2.90. The van der Waals surface area contributed by atoms with Crippen LogP contribution < -0.4 is 0 Å². The molecule has 0 saturated heterocycles. The van der Waals surface area contributed by atoms with Crippen molar-refractivity contribution < 1.29 is 5.11 Å². The molecule has 0 unspecified atom stereocenters. The van der Waals surface area contributed by atoms with Crippen molar-refractivity contribution in [2.75, 3.05) is 0 Å². The quantitative estimate of drug-likeness (QED) is 0.508. The first-order valence-corrected chi connectivity index (χ1v) is 8.02. The molecule has 0 aliphatic rings. The highest BCUT2D eigenvalue weighted by Gasteiger charge is 2.05. The molecule has 0 heterocycles. The fourth-order valence-electron chi connectivity index (χ4n) is 1.95. The number of hydrogen-bond donors (Lipinski definition) is 1. The number of aromatic hydroxyl groups is 1. The Bertz CT molecular complexity index is 737. The van der Waals surface area contributed by atoms with E-state index in [4.69, 9.17) is 0 Å². The van der Waals surface area contributed by atoms with Crippen molar-refractivity contribution in [2.45, 2.75) is 27.7 Å². The highest BCUT2D eigenvalue weighted by atomic mass is 16.3. The van der Waals surface area contributed by atoms with Crippen LogP contribution in [0.25, 0.3) is 10.8 Å². The van der Waals surface area contributed by atoms with E-state index < -0.39 is 0 Å². The Morgan fingerprint density at radius 2 is 1.26 bits per heavy atom. The van der Waals surface area contributed by atoms with E-state index in [0.717, 1.165) is 16.5 Å². The maximum absolute atomic E-state index is 9.93. The first-order valence-electron chi connectivity index (χ1n) is 8.02. The number of azo groups is 1. The molecular weight excluding hydrogens is 284 g/mol. The van der Waals surface area contributed by atoms with E-state index in [1.807, 2.05) is 88.4 Å². The van der Waals surface area contributed by atoms with E-state index >= 15 is 0 Å². The molecule has 0 fully saturated rings. The summed E-state index contributed by atoms with van der Waals surface area (Å²) in [5.74, 6) is 0.137. The Balaban J connectivity index is 0.000000615. The zero-order valence-electron chi connectivity index (χ0n) is 14.2. The van der Waals surface area contributed by atoms with Crippen LogP contribution in [0.5, 0.6) is 5.75 Å². The minimum absolute atomic E-state index is 0.137. The maximum atomic E-state index is 9.93. The molecule has 3 heteroatoms. The van der Waals surface area contributed by atoms with Crippen molar-refractivity contribution >= 4 is 22.1 Å². The number of phenolic OH excluding ortho intramolecular Hbond substituents is 1. The first kappa shape index (κ1) is 18.4. The predicted molar refractivity (Wildman–Crippen MR) is 98.9 cm³/mol. The Labute approximate surface area is 138 Å². The van der Waals surface area contributed by atoms with Gasteiger partial charge in [-0.1, -0.05) is 76.2 Å². The fourth-order valence-corrected chi connectivity index (χ4v) is 1.95. The van der Waals surface area contributed by atoms with Gasteiger partial charge in [0.15, 0.2) is 0 Å². The predicted octanol–water partition coefficient (Wildman–Crippen LogP) is 7.01. The molecule has 0 saturated carbocycles. The van der Waals surface area contributed by atoms with Crippen LogP contribution in [0.1, 0.15) is 27.7 Å². The van der Waals surface area contributed by atoms with Crippen molar-refractivity contribution in [3.05, 3.63) is 66.7 Å². The van der Waals surface area contributed by atoms with Crippen LogP contribution in [0.2, 0.25) is 0 Å². The van der Waals surface area contributed by atoms with Crippen LogP contribution in [0, 0.1) is 0 Å². The molecule has 3 aromatic rings. The first-order chi connectivity index (χ1) is 11.3. The van der Waals surface area contributed by atoms with E-state index in [1.54, 1.807) is 6.07 Å². The van der Waals surface area contributed by atoms with Gasteiger partial charge in [0, 0.05) is 5.39 Å². The molecule has 0 aromatic heterocycles. The molecule has 120 valence electrons. The number of benzene rings is 3. The highest BCUT2D eigenvalue weighted by Crippen LogP contribution is 2.35. The van der Waals surface area contributed by atoms with Crippen LogP contribution in [-0.2, 0) is 0 Å². The summed E-state index contributed by atoms with van der Waals surface area (Å²) >= 11 is 0. The third kappa shape index (κ3) is 4.92.